The van der Waals surface area contributed by atoms with E-state index < -0.39 is 32.4 Å². The first-order chi connectivity index (χ1) is 16.5. The predicted octanol–water partition coefficient (Wildman–Crippen LogP) is 4.08. The highest BCUT2D eigenvalue weighted by atomic mass is 32.1. The normalized spacial score (nSPS) is 13.7. The molecule has 0 spiro atoms. The molecular weight excluding hydrogens is 496 g/mol. The number of hydrogen-bond acceptors (Lipinski definition) is 7. The molecule has 1 aromatic heterocycles. The molecule has 0 fully saturated rings. The Kier molecular flexibility index (Phi) is 7.35. The second-order valence-corrected chi connectivity index (χ2v) is 10.6. The predicted molar refractivity (Wildman–Crippen MR) is 132 cm³/mol. The summed E-state index contributed by atoms with van der Waals surface area (Å²) in [6, 6.07) is 16.2. The molecule has 0 amide bonds. The van der Waals surface area contributed by atoms with E-state index in [1.807, 2.05) is 6.07 Å². The van der Waals surface area contributed by atoms with Crippen LogP contribution in [0, 0.1) is 5.82 Å². The van der Waals surface area contributed by atoms with Crippen molar-refractivity contribution < 1.29 is 33.1 Å². The number of aryl methyl sites for hydroxylation is 1. The summed E-state index contributed by atoms with van der Waals surface area (Å²) in [5.41, 5.74) is 5.42. The molecule has 0 aliphatic rings. The quantitative estimate of drug-likeness (QED) is 0.192. The molecule has 1 heterocycles. The van der Waals surface area contributed by atoms with Crippen LogP contribution in [0.15, 0.2) is 65.5 Å². The Labute approximate surface area is 203 Å². The molecule has 5 N–H and O–H groups in total. The van der Waals surface area contributed by atoms with Gasteiger partial charge < -0.3 is 25.4 Å². The lowest BCUT2D eigenvalue weighted by molar-refractivity contribution is 0.102. The van der Waals surface area contributed by atoms with Crippen LogP contribution >= 0.6 is 19.2 Å². The zero-order valence-electron chi connectivity index (χ0n) is 18.4. The van der Waals surface area contributed by atoms with E-state index >= 15 is 0 Å². The van der Waals surface area contributed by atoms with Crippen LogP contribution in [-0.2, 0) is 15.5 Å². The molecule has 35 heavy (non-hydrogen) atoms. The van der Waals surface area contributed by atoms with E-state index in [-0.39, 0.29) is 11.8 Å². The van der Waals surface area contributed by atoms with Crippen molar-refractivity contribution in [3.05, 3.63) is 82.3 Å². The zero-order valence-corrected chi connectivity index (χ0v) is 20.1. The minimum Gasteiger partial charge on any atom is -0.457 e. The highest BCUT2D eigenvalue weighted by Gasteiger charge is 2.28. The SMILES string of the molecule is NC(CO)(CCc1ccc2c(=O)c3ccc(Oc4cccc(F)c4)cc3sc2c1)COP(=O)(O)O. The number of phosphoric ester groups is 1. The van der Waals surface area contributed by atoms with E-state index in [4.69, 9.17) is 20.3 Å². The summed E-state index contributed by atoms with van der Waals surface area (Å²) in [4.78, 5) is 30.8. The highest BCUT2D eigenvalue weighted by molar-refractivity contribution is 7.46. The first-order valence-corrected chi connectivity index (χ1v) is 12.9. The van der Waals surface area contributed by atoms with Crippen molar-refractivity contribution in [1.82, 2.24) is 0 Å². The number of halogens is 1. The monoisotopic (exact) mass is 519 g/mol. The molecule has 4 aromatic rings. The van der Waals surface area contributed by atoms with Gasteiger partial charge in [-0.1, -0.05) is 12.1 Å². The molecule has 4 rings (SSSR count). The van der Waals surface area contributed by atoms with Gasteiger partial charge in [-0.05, 0) is 60.9 Å². The molecule has 184 valence electrons. The van der Waals surface area contributed by atoms with Gasteiger partial charge in [0.05, 0.1) is 18.8 Å². The number of hydrogen-bond donors (Lipinski definition) is 4. The van der Waals surface area contributed by atoms with Crippen molar-refractivity contribution in [2.75, 3.05) is 13.2 Å². The molecular formula is C24H23FNO7PS. The third kappa shape index (κ3) is 6.31. The maximum atomic E-state index is 13.5. The lowest BCUT2D eigenvalue weighted by atomic mass is 9.94. The lowest BCUT2D eigenvalue weighted by Gasteiger charge is -2.27. The minimum absolute atomic E-state index is 0.129. The number of ether oxygens (including phenoxy) is 1. The van der Waals surface area contributed by atoms with Crippen LogP contribution in [0.2, 0.25) is 0 Å². The zero-order chi connectivity index (χ0) is 25.2. The van der Waals surface area contributed by atoms with E-state index in [0.717, 1.165) is 10.3 Å². The molecule has 11 heteroatoms. The van der Waals surface area contributed by atoms with E-state index in [0.29, 0.717) is 33.4 Å². The van der Waals surface area contributed by atoms with Crippen molar-refractivity contribution in [2.24, 2.45) is 5.73 Å². The van der Waals surface area contributed by atoms with Crippen LogP contribution in [0.25, 0.3) is 20.2 Å². The van der Waals surface area contributed by atoms with Gasteiger partial charge in [-0.3, -0.25) is 9.32 Å². The number of phosphoric acid groups is 1. The first kappa shape index (κ1) is 25.4. The number of fused-ring (bicyclic) bond motifs is 2. The van der Waals surface area contributed by atoms with Crippen molar-refractivity contribution in [2.45, 2.75) is 18.4 Å². The number of nitrogens with two attached hydrogens (primary N) is 1. The smallest absolute Gasteiger partial charge is 0.457 e. The number of rotatable bonds is 9. The van der Waals surface area contributed by atoms with Gasteiger partial charge in [0.15, 0.2) is 5.43 Å². The Morgan fingerprint density at radius 2 is 1.69 bits per heavy atom. The van der Waals surface area contributed by atoms with Crippen LogP contribution in [0.3, 0.4) is 0 Å². The molecule has 0 radical (unpaired) electrons. The fraction of sp³-hybridized carbons (Fsp3) is 0.208. The van der Waals surface area contributed by atoms with Crippen molar-refractivity contribution >= 4 is 39.3 Å². The molecule has 0 aliphatic carbocycles. The summed E-state index contributed by atoms with van der Waals surface area (Å²) in [5.74, 6) is 0.397. The van der Waals surface area contributed by atoms with Crippen LogP contribution in [0.5, 0.6) is 11.5 Å². The van der Waals surface area contributed by atoms with E-state index in [1.165, 1.54) is 23.5 Å². The number of aliphatic hydroxyl groups is 1. The van der Waals surface area contributed by atoms with Crippen LogP contribution in [-0.4, -0.2) is 33.6 Å². The van der Waals surface area contributed by atoms with Crippen molar-refractivity contribution in [3.63, 3.8) is 0 Å². The van der Waals surface area contributed by atoms with Gasteiger partial charge in [0.25, 0.3) is 0 Å². The molecule has 1 atom stereocenters. The Morgan fingerprint density at radius 3 is 2.37 bits per heavy atom. The second-order valence-electron chi connectivity index (χ2n) is 8.26. The highest BCUT2D eigenvalue weighted by Crippen LogP contribution is 2.37. The summed E-state index contributed by atoms with van der Waals surface area (Å²) in [6.07, 6.45) is 0.586. The summed E-state index contributed by atoms with van der Waals surface area (Å²) in [5, 5.41) is 10.7. The summed E-state index contributed by atoms with van der Waals surface area (Å²) in [6.45, 7) is -1.03. The molecule has 0 saturated carbocycles. The minimum atomic E-state index is -4.71. The molecule has 1 unspecified atom stereocenters. The largest absolute Gasteiger partial charge is 0.469 e. The van der Waals surface area contributed by atoms with Crippen molar-refractivity contribution in [3.8, 4) is 11.5 Å². The topological polar surface area (TPSA) is 139 Å². The third-order valence-corrected chi connectivity index (χ3v) is 7.07. The van der Waals surface area contributed by atoms with Crippen LogP contribution < -0.4 is 15.9 Å². The Morgan fingerprint density at radius 1 is 1.00 bits per heavy atom. The third-order valence-electron chi connectivity index (χ3n) is 5.49. The maximum absolute atomic E-state index is 13.5. The maximum Gasteiger partial charge on any atom is 0.469 e. The Bertz CT molecular complexity index is 1490. The fourth-order valence-electron chi connectivity index (χ4n) is 3.57. The van der Waals surface area contributed by atoms with Crippen molar-refractivity contribution in [1.29, 1.82) is 0 Å². The summed E-state index contributed by atoms with van der Waals surface area (Å²) >= 11 is 1.40. The average molecular weight is 519 g/mol. The number of benzene rings is 3. The van der Waals surface area contributed by atoms with Gasteiger partial charge in [-0.25, -0.2) is 8.96 Å². The fourth-order valence-corrected chi connectivity index (χ4v) is 5.15. The standard InChI is InChI=1S/C24H23FNO7PS/c25-16-2-1-3-17(11-16)33-18-5-7-20-22(12-18)35-21-10-15(4-6-19(21)23(20)28)8-9-24(26,13-27)14-32-34(29,30)31/h1-7,10-12,27H,8-9,13-14,26H2,(H2,29,30,31). The molecule has 3 aromatic carbocycles. The molecule has 0 aliphatic heterocycles. The average Bonchev–Trinajstić information content (AvgIpc) is 2.81. The Balaban J connectivity index is 1.60. The van der Waals surface area contributed by atoms with Crippen LogP contribution in [0.4, 0.5) is 4.39 Å². The summed E-state index contributed by atoms with van der Waals surface area (Å²) < 4.78 is 36.1. The Hall–Kier alpha value is -2.69. The number of aliphatic hydroxyl groups excluding tert-OH is 1. The second kappa shape index (κ2) is 10.1. The summed E-state index contributed by atoms with van der Waals surface area (Å²) in [7, 11) is -4.71. The van der Waals surface area contributed by atoms with E-state index in [9.17, 15) is 18.9 Å². The first-order valence-electron chi connectivity index (χ1n) is 10.6. The van der Waals surface area contributed by atoms with E-state index in [1.54, 1.807) is 42.5 Å². The van der Waals surface area contributed by atoms with Gasteiger partial charge in [0, 0.05) is 26.2 Å². The van der Waals surface area contributed by atoms with Gasteiger partial charge in [-0.15, -0.1) is 11.3 Å². The van der Waals surface area contributed by atoms with Gasteiger partial charge in [0.1, 0.15) is 17.3 Å². The molecule has 0 saturated heterocycles. The van der Waals surface area contributed by atoms with E-state index in [2.05, 4.69) is 4.52 Å². The lowest BCUT2D eigenvalue weighted by Crippen LogP contribution is -2.48. The van der Waals surface area contributed by atoms with Gasteiger partial charge >= 0.3 is 7.82 Å². The van der Waals surface area contributed by atoms with Crippen LogP contribution in [0.1, 0.15) is 12.0 Å². The van der Waals surface area contributed by atoms with Gasteiger partial charge in [-0.2, -0.15) is 0 Å². The molecule has 8 nitrogen and oxygen atoms in total. The molecule has 0 bridgehead atoms. The van der Waals surface area contributed by atoms with Gasteiger partial charge in [0.2, 0.25) is 0 Å².